The predicted octanol–water partition coefficient (Wildman–Crippen LogP) is 5.99. The number of aromatic nitrogens is 3. The fraction of sp³-hybridized carbons (Fsp3) is 0.125. The maximum atomic E-state index is 12.8. The van der Waals surface area contributed by atoms with E-state index in [1.807, 2.05) is 48.7 Å². The number of para-hydroxylation sites is 2. The van der Waals surface area contributed by atoms with Crippen molar-refractivity contribution in [3.63, 3.8) is 0 Å². The van der Waals surface area contributed by atoms with Crippen molar-refractivity contribution >= 4 is 44.6 Å². The lowest BCUT2D eigenvalue weighted by Crippen LogP contribution is -2.12. The van der Waals surface area contributed by atoms with E-state index in [4.69, 9.17) is 9.47 Å². The van der Waals surface area contributed by atoms with Gasteiger partial charge in [0, 0.05) is 32.9 Å². The monoisotopic (exact) mass is 476 g/mol. The molecule has 9 heteroatoms. The first-order valence-corrected chi connectivity index (χ1v) is 11.9. The van der Waals surface area contributed by atoms with E-state index in [1.54, 1.807) is 19.6 Å². The molecule has 1 amide bonds. The summed E-state index contributed by atoms with van der Waals surface area (Å²) in [7, 11) is 3.17. The summed E-state index contributed by atoms with van der Waals surface area (Å²) in [6.07, 6.45) is 0. The number of rotatable bonds is 6. The summed E-state index contributed by atoms with van der Waals surface area (Å²) in [6.45, 7) is 2.02. The highest BCUT2D eigenvalue weighted by molar-refractivity contribution is 7.14. The maximum Gasteiger partial charge on any atom is 0.276 e. The molecule has 166 valence electrons. The molecule has 0 saturated heterocycles. The van der Waals surface area contributed by atoms with Gasteiger partial charge in [0.2, 0.25) is 0 Å². The Labute approximate surface area is 198 Å². The maximum absolute atomic E-state index is 12.8. The standard InChI is InChI=1S/C24H20N4O3S2/c1-13-20(14-7-4-5-9-16(14)25-13)17-11-33-24(27-17)28-22(29)18-12-32-23(26-18)15-8-6-10-19(30-2)21(15)31-3/h4-12,25H,1-3H3,(H,27,28,29). The molecule has 0 bridgehead atoms. The Balaban J connectivity index is 1.39. The van der Waals surface area contributed by atoms with Crippen LogP contribution in [0.15, 0.2) is 53.2 Å². The van der Waals surface area contributed by atoms with Gasteiger partial charge in [-0.25, -0.2) is 9.97 Å². The van der Waals surface area contributed by atoms with E-state index >= 15 is 0 Å². The van der Waals surface area contributed by atoms with Crippen molar-refractivity contribution in [2.24, 2.45) is 0 Å². The van der Waals surface area contributed by atoms with Crippen LogP contribution < -0.4 is 14.8 Å². The van der Waals surface area contributed by atoms with Crippen LogP contribution in [-0.4, -0.2) is 35.1 Å². The lowest BCUT2D eigenvalue weighted by Gasteiger charge is -2.10. The molecule has 5 rings (SSSR count). The molecule has 5 aromatic rings. The molecule has 0 saturated carbocycles. The molecule has 0 spiro atoms. The Bertz CT molecular complexity index is 1470. The van der Waals surface area contributed by atoms with E-state index in [1.165, 1.54) is 22.7 Å². The predicted molar refractivity (Wildman–Crippen MR) is 133 cm³/mol. The summed E-state index contributed by atoms with van der Waals surface area (Å²) in [5.41, 5.74) is 5.06. The van der Waals surface area contributed by atoms with Crippen molar-refractivity contribution in [1.29, 1.82) is 0 Å². The smallest absolute Gasteiger partial charge is 0.276 e. The van der Waals surface area contributed by atoms with Crippen LogP contribution in [0, 0.1) is 6.92 Å². The van der Waals surface area contributed by atoms with E-state index < -0.39 is 0 Å². The van der Waals surface area contributed by atoms with Crippen molar-refractivity contribution in [3.05, 3.63) is 64.6 Å². The summed E-state index contributed by atoms with van der Waals surface area (Å²) in [5, 5.41) is 8.84. The highest BCUT2D eigenvalue weighted by Crippen LogP contribution is 2.39. The number of carbonyl (C=O) groups excluding carboxylic acids is 1. The molecule has 0 unspecified atom stereocenters. The van der Waals surface area contributed by atoms with Gasteiger partial charge in [-0.15, -0.1) is 22.7 Å². The summed E-state index contributed by atoms with van der Waals surface area (Å²) >= 11 is 2.75. The largest absolute Gasteiger partial charge is 0.493 e. The molecule has 0 aliphatic rings. The third-order valence-electron chi connectivity index (χ3n) is 5.24. The minimum absolute atomic E-state index is 0.309. The van der Waals surface area contributed by atoms with Gasteiger partial charge in [-0.05, 0) is 25.1 Å². The van der Waals surface area contributed by atoms with Crippen molar-refractivity contribution in [2.75, 3.05) is 19.5 Å². The van der Waals surface area contributed by atoms with Crippen LogP contribution in [0.25, 0.3) is 32.7 Å². The van der Waals surface area contributed by atoms with Crippen LogP contribution in [0.1, 0.15) is 16.2 Å². The number of thiazole rings is 2. The van der Waals surface area contributed by atoms with Gasteiger partial charge in [0.25, 0.3) is 5.91 Å². The first-order chi connectivity index (χ1) is 16.1. The zero-order valence-corrected chi connectivity index (χ0v) is 19.8. The summed E-state index contributed by atoms with van der Waals surface area (Å²) in [6, 6.07) is 13.7. The highest BCUT2D eigenvalue weighted by Gasteiger charge is 2.19. The number of hydrogen-bond acceptors (Lipinski definition) is 7. The fourth-order valence-corrected chi connectivity index (χ4v) is 5.29. The lowest BCUT2D eigenvalue weighted by molar-refractivity contribution is 0.102. The van der Waals surface area contributed by atoms with Crippen LogP contribution in [-0.2, 0) is 0 Å². The van der Waals surface area contributed by atoms with Gasteiger partial charge in [0.05, 0.1) is 25.5 Å². The fourth-order valence-electron chi connectivity index (χ4n) is 3.77. The summed E-state index contributed by atoms with van der Waals surface area (Å²) < 4.78 is 10.9. The molecule has 0 radical (unpaired) electrons. The molecule has 0 aliphatic heterocycles. The van der Waals surface area contributed by atoms with Crippen LogP contribution in [0.2, 0.25) is 0 Å². The second-order valence-electron chi connectivity index (χ2n) is 7.24. The Hall–Kier alpha value is -3.69. The molecule has 3 heterocycles. The Kier molecular flexibility index (Phi) is 5.57. The van der Waals surface area contributed by atoms with Crippen LogP contribution in [0.4, 0.5) is 5.13 Å². The van der Waals surface area contributed by atoms with Crippen LogP contribution in [0.3, 0.4) is 0 Å². The zero-order chi connectivity index (χ0) is 22.9. The molecule has 0 aliphatic carbocycles. The number of hydrogen-bond donors (Lipinski definition) is 2. The molecule has 2 N–H and O–H groups in total. The third-order valence-corrected chi connectivity index (χ3v) is 6.88. The van der Waals surface area contributed by atoms with Gasteiger partial charge in [0.15, 0.2) is 16.6 Å². The van der Waals surface area contributed by atoms with E-state index in [9.17, 15) is 4.79 Å². The normalized spacial score (nSPS) is 11.0. The van der Waals surface area contributed by atoms with Crippen molar-refractivity contribution in [1.82, 2.24) is 15.0 Å². The Morgan fingerprint density at radius 1 is 1.00 bits per heavy atom. The summed E-state index contributed by atoms with van der Waals surface area (Å²) in [5.74, 6) is 0.884. The number of H-pyrrole nitrogens is 1. The first kappa shape index (κ1) is 21.2. The van der Waals surface area contributed by atoms with Gasteiger partial charge in [0.1, 0.15) is 10.7 Å². The van der Waals surface area contributed by atoms with Crippen molar-refractivity contribution < 1.29 is 14.3 Å². The minimum Gasteiger partial charge on any atom is -0.493 e. The molecule has 0 fully saturated rings. The average Bonchev–Trinajstić information content (AvgIpc) is 3.56. The minimum atomic E-state index is -0.309. The van der Waals surface area contributed by atoms with E-state index in [0.29, 0.717) is 27.3 Å². The highest BCUT2D eigenvalue weighted by atomic mass is 32.1. The lowest BCUT2D eigenvalue weighted by atomic mass is 10.1. The number of fused-ring (bicyclic) bond motifs is 1. The van der Waals surface area contributed by atoms with Gasteiger partial charge in [-0.3, -0.25) is 10.1 Å². The molecule has 2 aromatic carbocycles. The number of nitrogens with one attached hydrogen (secondary N) is 2. The van der Waals surface area contributed by atoms with Crippen LogP contribution >= 0.6 is 22.7 Å². The second kappa shape index (κ2) is 8.68. The first-order valence-electron chi connectivity index (χ1n) is 10.1. The number of benzene rings is 2. The quantitative estimate of drug-likeness (QED) is 0.314. The Morgan fingerprint density at radius 3 is 2.67 bits per heavy atom. The third kappa shape index (κ3) is 3.85. The van der Waals surface area contributed by atoms with Gasteiger partial charge < -0.3 is 14.5 Å². The zero-order valence-electron chi connectivity index (χ0n) is 18.1. The number of amides is 1. The molecule has 3 aromatic heterocycles. The molecule has 33 heavy (non-hydrogen) atoms. The van der Waals surface area contributed by atoms with E-state index in [2.05, 4.69) is 26.3 Å². The van der Waals surface area contributed by atoms with Crippen molar-refractivity contribution in [3.8, 4) is 33.3 Å². The molecular formula is C24H20N4O3S2. The number of anilines is 1. The van der Waals surface area contributed by atoms with E-state index in [-0.39, 0.29) is 5.91 Å². The average molecular weight is 477 g/mol. The number of carbonyl (C=O) groups is 1. The number of ether oxygens (including phenoxy) is 2. The summed E-state index contributed by atoms with van der Waals surface area (Å²) in [4.78, 5) is 25.4. The topological polar surface area (TPSA) is 89.1 Å². The van der Waals surface area contributed by atoms with Gasteiger partial charge in [-0.2, -0.15) is 0 Å². The SMILES string of the molecule is COc1cccc(-c2nc(C(=O)Nc3nc(-c4c(C)[nH]c5ccccc45)cs3)cs2)c1OC. The Morgan fingerprint density at radius 2 is 1.85 bits per heavy atom. The number of nitrogens with zero attached hydrogens (tertiary/aromatic N) is 2. The van der Waals surface area contributed by atoms with Crippen LogP contribution in [0.5, 0.6) is 11.5 Å². The molecular weight excluding hydrogens is 456 g/mol. The van der Waals surface area contributed by atoms with Crippen molar-refractivity contribution in [2.45, 2.75) is 6.92 Å². The van der Waals surface area contributed by atoms with Gasteiger partial charge >= 0.3 is 0 Å². The number of aryl methyl sites for hydroxylation is 1. The van der Waals surface area contributed by atoms with E-state index in [0.717, 1.165) is 33.4 Å². The number of aromatic amines is 1. The molecule has 0 atom stereocenters. The molecule has 7 nitrogen and oxygen atoms in total. The second-order valence-corrected chi connectivity index (χ2v) is 8.96. The number of methoxy groups -OCH3 is 2. The van der Waals surface area contributed by atoms with Gasteiger partial charge in [-0.1, -0.05) is 24.3 Å².